The summed E-state index contributed by atoms with van der Waals surface area (Å²) in [6.45, 7) is 4.37. The van der Waals surface area contributed by atoms with E-state index in [4.69, 9.17) is 0 Å². The van der Waals surface area contributed by atoms with Crippen molar-refractivity contribution >= 4 is 6.03 Å². The molecule has 0 radical (unpaired) electrons. The Labute approximate surface area is 87.4 Å². The van der Waals surface area contributed by atoms with E-state index in [-0.39, 0.29) is 12.0 Å². The van der Waals surface area contributed by atoms with Crippen molar-refractivity contribution in [1.82, 2.24) is 10.6 Å². The molecule has 90 valence electrons. The van der Waals surface area contributed by atoms with Crippen LogP contribution in [0.15, 0.2) is 0 Å². The molecule has 0 bridgehead atoms. The van der Waals surface area contributed by atoms with Gasteiger partial charge in [0.15, 0.2) is 0 Å². The van der Waals surface area contributed by atoms with Crippen LogP contribution in [0.2, 0.25) is 0 Å². The molecule has 3 nitrogen and oxygen atoms in total. The topological polar surface area (TPSA) is 41.1 Å². The van der Waals surface area contributed by atoms with Crippen molar-refractivity contribution in [3.63, 3.8) is 0 Å². The molecule has 0 rings (SSSR count). The number of carbonyl (C=O) groups is 1. The molecule has 0 aliphatic carbocycles. The van der Waals surface area contributed by atoms with Crippen LogP contribution < -0.4 is 10.6 Å². The van der Waals surface area contributed by atoms with Gasteiger partial charge in [0.2, 0.25) is 0 Å². The van der Waals surface area contributed by atoms with E-state index in [0.29, 0.717) is 6.42 Å². The second kappa shape index (κ2) is 5.82. The molecule has 0 fully saturated rings. The Morgan fingerprint density at radius 3 is 2.20 bits per heavy atom. The Balaban J connectivity index is 3.92. The van der Waals surface area contributed by atoms with Gasteiger partial charge in [-0.15, -0.1) is 0 Å². The number of hydrogen-bond acceptors (Lipinski definition) is 1. The van der Waals surface area contributed by atoms with Gasteiger partial charge in [0.05, 0.1) is 0 Å². The molecule has 0 heterocycles. The summed E-state index contributed by atoms with van der Waals surface area (Å²) in [6, 6.07) is -0.869. The van der Waals surface area contributed by atoms with Gasteiger partial charge >= 0.3 is 12.2 Å². The molecular weight excluding hydrogens is 209 g/mol. The average molecular weight is 226 g/mol. The first kappa shape index (κ1) is 14.1. The molecule has 1 atom stereocenters. The molecular formula is C9H17F3N2O. The highest BCUT2D eigenvalue weighted by Crippen LogP contribution is 2.12. The molecule has 0 saturated heterocycles. The standard InChI is InChI=1S/C9H17F3N2O/c1-4-7(6(2)3)14-8(15)13-5-9(10,11)12/h6-7H,4-5H2,1-3H3,(H2,13,14,15). The van der Waals surface area contributed by atoms with Crippen LogP contribution in [0.1, 0.15) is 27.2 Å². The molecule has 0 aliphatic heterocycles. The third-order valence-corrected chi connectivity index (χ3v) is 2.01. The van der Waals surface area contributed by atoms with Crippen LogP contribution in [0.5, 0.6) is 0 Å². The number of halogens is 3. The van der Waals surface area contributed by atoms with Crippen LogP contribution in [-0.4, -0.2) is 24.8 Å². The largest absolute Gasteiger partial charge is 0.405 e. The summed E-state index contributed by atoms with van der Waals surface area (Å²) in [5, 5.41) is 4.26. The van der Waals surface area contributed by atoms with Crippen molar-refractivity contribution in [2.75, 3.05) is 6.54 Å². The van der Waals surface area contributed by atoms with Crippen molar-refractivity contribution < 1.29 is 18.0 Å². The maximum Gasteiger partial charge on any atom is 0.405 e. The second-order valence-corrected chi connectivity index (χ2v) is 3.70. The van der Waals surface area contributed by atoms with Gasteiger partial charge in [-0.05, 0) is 12.3 Å². The summed E-state index contributed by atoms with van der Waals surface area (Å²) in [5.74, 6) is 0.201. The zero-order valence-electron chi connectivity index (χ0n) is 9.11. The molecule has 0 spiro atoms. The van der Waals surface area contributed by atoms with E-state index in [0.717, 1.165) is 0 Å². The first-order valence-electron chi connectivity index (χ1n) is 4.87. The zero-order chi connectivity index (χ0) is 12.1. The molecule has 0 saturated carbocycles. The van der Waals surface area contributed by atoms with E-state index in [2.05, 4.69) is 5.32 Å². The number of nitrogens with one attached hydrogen (secondary N) is 2. The van der Waals surface area contributed by atoms with Crippen molar-refractivity contribution in [1.29, 1.82) is 0 Å². The summed E-state index contributed by atoms with van der Waals surface area (Å²) < 4.78 is 35.3. The van der Waals surface area contributed by atoms with E-state index in [1.165, 1.54) is 0 Å². The molecule has 15 heavy (non-hydrogen) atoms. The maximum absolute atomic E-state index is 11.8. The minimum absolute atomic E-state index is 0.0989. The summed E-state index contributed by atoms with van der Waals surface area (Å²) in [4.78, 5) is 11.0. The average Bonchev–Trinajstić information content (AvgIpc) is 2.09. The molecule has 0 aliphatic rings. The monoisotopic (exact) mass is 226 g/mol. The third-order valence-electron chi connectivity index (χ3n) is 2.01. The normalized spacial score (nSPS) is 13.8. The molecule has 1 unspecified atom stereocenters. The van der Waals surface area contributed by atoms with Crippen molar-refractivity contribution in [2.24, 2.45) is 5.92 Å². The van der Waals surface area contributed by atoms with Gasteiger partial charge < -0.3 is 10.6 Å². The number of rotatable bonds is 4. The van der Waals surface area contributed by atoms with Crippen LogP contribution in [0.25, 0.3) is 0 Å². The Bertz CT molecular complexity index is 204. The van der Waals surface area contributed by atoms with Gasteiger partial charge in [0, 0.05) is 6.04 Å². The van der Waals surface area contributed by atoms with E-state index < -0.39 is 18.8 Å². The first-order valence-corrected chi connectivity index (χ1v) is 4.87. The van der Waals surface area contributed by atoms with Crippen molar-refractivity contribution in [2.45, 2.75) is 39.4 Å². The fraction of sp³-hybridized carbons (Fsp3) is 0.889. The Kier molecular flexibility index (Phi) is 5.46. The zero-order valence-corrected chi connectivity index (χ0v) is 9.11. The molecule has 2 N–H and O–H groups in total. The summed E-state index contributed by atoms with van der Waals surface area (Å²) in [6.07, 6.45) is -3.67. The number of urea groups is 1. The first-order chi connectivity index (χ1) is 6.76. The number of amides is 2. The lowest BCUT2D eigenvalue weighted by atomic mass is 10.0. The van der Waals surface area contributed by atoms with Crippen LogP contribution in [0.3, 0.4) is 0 Å². The maximum atomic E-state index is 11.8. The van der Waals surface area contributed by atoms with Gasteiger partial charge in [0.1, 0.15) is 6.54 Å². The SMILES string of the molecule is CCC(NC(=O)NCC(F)(F)F)C(C)C. The lowest BCUT2D eigenvalue weighted by Gasteiger charge is -2.21. The number of alkyl halides is 3. The van der Waals surface area contributed by atoms with E-state index in [1.807, 2.05) is 20.8 Å². The highest BCUT2D eigenvalue weighted by Gasteiger charge is 2.28. The van der Waals surface area contributed by atoms with Crippen molar-refractivity contribution in [3.05, 3.63) is 0 Å². The predicted octanol–water partition coefficient (Wildman–Crippen LogP) is 2.28. The van der Waals surface area contributed by atoms with Gasteiger partial charge in [-0.3, -0.25) is 0 Å². The summed E-state index contributed by atoms with van der Waals surface area (Å²) in [7, 11) is 0. The van der Waals surface area contributed by atoms with E-state index >= 15 is 0 Å². The Hall–Kier alpha value is -0.940. The Morgan fingerprint density at radius 2 is 1.87 bits per heavy atom. The highest BCUT2D eigenvalue weighted by atomic mass is 19.4. The fourth-order valence-electron chi connectivity index (χ4n) is 1.14. The molecule has 6 heteroatoms. The fourth-order valence-corrected chi connectivity index (χ4v) is 1.14. The minimum Gasteiger partial charge on any atom is -0.335 e. The van der Waals surface area contributed by atoms with Crippen LogP contribution >= 0.6 is 0 Å². The third kappa shape index (κ3) is 7.04. The Morgan fingerprint density at radius 1 is 1.33 bits per heavy atom. The van der Waals surface area contributed by atoms with Gasteiger partial charge in [-0.2, -0.15) is 13.2 Å². The minimum atomic E-state index is -4.36. The van der Waals surface area contributed by atoms with Crippen LogP contribution in [0, 0.1) is 5.92 Å². The molecule has 0 aromatic heterocycles. The second-order valence-electron chi connectivity index (χ2n) is 3.70. The molecule has 0 aromatic rings. The van der Waals surface area contributed by atoms with Crippen LogP contribution in [-0.2, 0) is 0 Å². The van der Waals surface area contributed by atoms with Gasteiger partial charge in [-0.25, -0.2) is 4.79 Å². The smallest absolute Gasteiger partial charge is 0.335 e. The van der Waals surface area contributed by atoms with Crippen LogP contribution in [0.4, 0.5) is 18.0 Å². The lowest BCUT2D eigenvalue weighted by Crippen LogP contribution is -2.46. The van der Waals surface area contributed by atoms with Gasteiger partial charge in [-0.1, -0.05) is 20.8 Å². The number of carbonyl (C=O) groups excluding carboxylic acids is 1. The van der Waals surface area contributed by atoms with E-state index in [9.17, 15) is 18.0 Å². The van der Waals surface area contributed by atoms with Crippen molar-refractivity contribution in [3.8, 4) is 0 Å². The summed E-state index contributed by atoms with van der Waals surface area (Å²) in [5.41, 5.74) is 0. The predicted molar refractivity (Wildman–Crippen MR) is 51.5 cm³/mol. The number of hydrogen-bond donors (Lipinski definition) is 2. The molecule has 0 aromatic carbocycles. The van der Waals surface area contributed by atoms with Gasteiger partial charge in [0.25, 0.3) is 0 Å². The van der Waals surface area contributed by atoms with E-state index in [1.54, 1.807) is 5.32 Å². The lowest BCUT2D eigenvalue weighted by molar-refractivity contribution is -0.122. The highest BCUT2D eigenvalue weighted by molar-refractivity contribution is 5.74. The quantitative estimate of drug-likeness (QED) is 0.758. The summed E-state index contributed by atoms with van der Waals surface area (Å²) >= 11 is 0. The molecule has 2 amide bonds.